The fraction of sp³-hybridized carbons (Fsp3) is 0.923. The largest absolute Gasteiger partial charge is 0.393 e. The van der Waals surface area contributed by atoms with E-state index in [1.54, 1.807) is 0 Å². The molecule has 3 heterocycles. The minimum Gasteiger partial charge on any atom is -0.393 e. The van der Waals surface area contributed by atoms with E-state index in [4.69, 9.17) is 42.9 Å². The Balaban J connectivity index is 0. The summed E-state index contributed by atoms with van der Waals surface area (Å²) < 4.78 is 16.6. The molecule has 0 aliphatic carbocycles. The van der Waals surface area contributed by atoms with Crippen LogP contribution in [0.15, 0.2) is 0 Å². The van der Waals surface area contributed by atoms with Gasteiger partial charge in [-0.15, -0.1) is 11.8 Å². The Morgan fingerprint density at radius 2 is 1.00 bits per heavy atom. The molecule has 3 saturated heterocycles. The van der Waals surface area contributed by atoms with Gasteiger partial charge in [0.25, 0.3) is 0 Å². The maximum Gasteiger partial charge on any atom is 0.109 e. The smallest absolute Gasteiger partial charge is 0.109 e. The van der Waals surface area contributed by atoms with Crippen molar-refractivity contribution in [3.8, 4) is 0 Å². The Labute approximate surface area is 276 Å². The summed E-state index contributed by atoms with van der Waals surface area (Å²) in [5.74, 6) is 1.70. The Kier molecular flexibility index (Phi) is 18.6. The van der Waals surface area contributed by atoms with Crippen LogP contribution >= 0.6 is 0 Å². The number of rotatable bonds is 4. The molecule has 3 fully saturated rings. The van der Waals surface area contributed by atoms with Crippen molar-refractivity contribution in [1.82, 2.24) is 0 Å². The molecular weight excluding hydrogens is 603 g/mol. The van der Waals surface area contributed by atoms with Crippen molar-refractivity contribution in [2.75, 3.05) is 13.2 Å². The maximum atomic E-state index is 9.18. The van der Waals surface area contributed by atoms with E-state index in [9.17, 15) is 5.11 Å². The van der Waals surface area contributed by atoms with Gasteiger partial charge in [0.2, 0.25) is 0 Å². The van der Waals surface area contributed by atoms with Crippen molar-refractivity contribution in [3.63, 3.8) is 0 Å². The zero-order chi connectivity index (χ0) is 26.6. The molecule has 0 aromatic heterocycles. The number of hydrogen-bond acceptors (Lipinski definition) is 5. The van der Waals surface area contributed by atoms with Crippen molar-refractivity contribution in [2.24, 2.45) is 35.5 Å². The minimum absolute atomic E-state index is 0. The second-order valence-corrected chi connectivity index (χ2v) is 11.2. The van der Waals surface area contributed by atoms with E-state index < -0.39 is 11.2 Å². The Hall–Kier alpha value is 2.20. The first-order valence-corrected chi connectivity index (χ1v) is 12.7. The molecule has 3 rings (SSSR count). The van der Waals surface area contributed by atoms with Gasteiger partial charge in [-0.05, 0) is 50.9 Å². The van der Waals surface area contributed by atoms with Gasteiger partial charge in [0, 0.05) is 89.0 Å². The molecule has 3 aliphatic rings. The number of hydrogen-bond donors (Lipinski definition) is 2. The topological polar surface area (TPSA) is 68.2 Å². The normalized spacial score (nSPS) is 47.5. The van der Waals surface area contributed by atoms with Gasteiger partial charge in [-0.25, -0.2) is 0 Å². The van der Waals surface area contributed by atoms with Crippen LogP contribution in [0, 0.1) is 49.4 Å². The molecule has 2 N–H and O–H groups in total. The fourth-order valence-corrected chi connectivity index (χ4v) is 5.33. The van der Waals surface area contributed by atoms with Crippen molar-refractivity contribution in [3.05, 3.63) is 13.8 Å². The molecule has 3 aliphatic heterocycles. The van der Waals surface area contributed by atoms with Crippen LogP contribution in [0.25, 0.3) is 0 Å². The quantitative estimate of drug-likeness (QED) is 0.362. The second-order valence-electron chi connectivity index (χ2n) is 11.2. The summed E-state index contributed by atoms with van der Waals surface area (Å²) >= 11 is 0. The first-order chi connectivity index (χ1) is 15.6. The van der Waals surface area contributed by atoms with Crippen molar-refractivity contribution < 1.29 is 89.8 Å². The predicted molar refractivity (Wildman–Crippen MR) is 141 cm³/mol. The van der Waals surface area contributed by atoms with Gasteiger partial charge < -0.3 is 38.3 Å². The summed E-state index contributed by atoms with van der Waals surface area (Å²) in [6, 6.07) is -0.621. The van der Waals surface area contributed by atoms with Crippen LogP contribution in [0.5, 0.6) is 0 Å². The summed E-state index contributed by atoms with van der Waals surface area (Å²) in [7, 11) is 17.2. The van der Waals surface area contributed by atoms with E-state index >= 15 is 0 Å². The predicted octanol–water partition coefficient (Wildman–Crippen LogP) is 3.03. The van der Waals surface area contributed by atoms with Crippen LogP contribution in [0.3, 0.4) is 0 Å². The average Bonchev–Trinajstić information content (AvgIpc) is 3.24. The zero-order valence-corrected chi connectivity index (χ0v) is 29.6. The van der Waals surface area contributed by atoms with Crippen LogP contribution in [-0.4, -0.2) is 81.8 Å². The third-order valence-electron chi connectivity index (χ3n) is 8.80. The molecule has 36 heavy (non-hydrogen) atoms. The number of ether oxygens (including phenoxy) is 3. The molecule has 0 aromatic rings. The van der Waals surface area contributed by atoms with Crippen LogP contribution in [-0.2, 0) is 79.6 Å². The van der Waals surface area contributed by atoms with E-state index in [-0.39, 0.29) is 114 Å². The van der Waals surface area contributed by atoms with Crippen LogP contribution < -0.4 is 0 Å². The summed E-state index contributed by atoms with van der Waals surface area (Å²) in [5, 5.41) is 18.2. The van der Waals surface area contributed by atoms with Crippen LogP contribution in [0.4, 0.5) is 0 Å². The molecule has 10 heteroatoms. The Bertz CT molecular complexity index is 604. The average molecular weight is 650 g/mol. The first kappa shape index (κ1) is 40.3. The molecule has 198 valence electrons. The monoisotopic (exact) mass is 650 g/mol. The van der Waals surface area contributed by atoms with Crippen molar-refractivity contribution in [1.29, 1.82) is 0 Å². The molecule has 0 saturated carbocycles. The molecule has 0 spiro atoms. The minimum atomic E-state index is -0.543. The van der Waals surface area contributed by atoms with Crippen molar-refractivity contribution >= 4 is 23.5 Å². The molecule has 12 atom stereocenters. The van der Waals surface area contributed by atoms with E-state index in [1.807, 2.05) is 20.8 Å². The van der Waals surface area contributed by atoms with E-state index in [1.165, 1.54) is 0 Å². The zero-order valence-electron chi connectivity index (χ0n) is 23.9. The molecule has 0 amide bonds. The second kappa shape index (κ2) is 16.6. The number of aliphatic hydroxyl groups excluding tert-OH is 2. The van der Waals surface area contributed by atoms with Gasteiger partial charge in [-0.2, -0.15) is 0 Å². The first-order valence-electron chi connectivity index (χ1n) is 12.7. The maximum absolute atomic E-state index is 9.18. The van der Waals surface area contributed by atoms with Gasteiger partial charge in [-0.1, -0.05) is 41.0 Å². The van der Waals surface area contributed by atoms with Gasteiger partial charge in [0.15, 0.2) is 0 Å². The Morgan fingerprint density at radius 3 is 1.19 bits per heavy atom. The van der Waals surface area contributed by atoms with E-state index in [0.717, 1.165) is 12.8 Å². The molecular formula is C26H47B3O5Y2-2. The number of aliphatic hydroxyl groups is 2. The summed E-state index contributed by atoms with van der Waals surface area (Å²) in [4.78, 5) is 0. The summed E-state index contributed by atoms with van der Waals surface area (Å²) in [6.07, 6.45) is 1.99. The van der Waals surface area contributed by atoms with Gasteiger partial charge in [0.05, 0.1) is 24.4 Å². The standard InChI is InChI=1S/C9H17BO2.C9H16BO.C8H14BO2.2Y/c1-4-7-6(2)8(10)12-9(7,3)5-11;1-5-9(4)7(3)6(2)8(10)11-9;1-5-6(2)8(3,4-10)11-7(5)9;;/h6-8,11H,4-5H2,1-3H3;6-8H,3,5H2,1-2,4H3;5-7,10H,2,4H2,1,3H3;;/q;2*-1;;/t2*6-,7?,8+,9+;5-,6?,7+,8+;;/m000../s1. The molecule has 8 radical (unpaired) electrons. The molecule has 0 bridgehead atoms. The fourth-order valence-electron chi connectivity index (χ4n) is 5.33. The van der Waals surface area contributed by atoms with Gasteiger partial charge >= 0.3 is 0 Å². The molecule has 5 nitrogen and oxygen atoms in total. The molecule has 0 aromatic carbocycles. The third-order valence-corrected chi connectivity index (χ3v) is 8.80. The third kappa shape index (κ3) is 9.10. The van der Waals surface area contributed by atoms with Crippen LogP contribution in [0.2, 0.25) is 0 Å². The van der Waals surface area contributed by atoms with Crippen LogP contribution in [0.1, 0.15) is 68.2 Å². The molecule has 3 unspecified atom stereocenters. The summed E-state index contributed by atoms with van der Waals surface area (Å²) in [5.41, 5.74) is -1.06. The van der Waals surface area contributed by atoms with E-state index in [0.29, 0.717) is 23.7 Å². The Morgan fingerprint density at radius 1 is 0.667 bits per heavy atom. The summed E-state index contributed by atoms with van der Waals surface area (Å²) in [6.45, 7) is 24.3. The van der Waals surface area contributed by atoms with Gasteiger partial charge in [-0.3, -0.25) is 0 Å². The van der Waals surface area contributed by atoms with Gasteiger partial charge in [0.1, 0.15) is 23.5 Å². The SMILES string of the molecule is [B][C@@H]1O[C@](C)(CC)C([CH2-])[C@@H]1C.[B][C@@H]1O[C@](C)(CO)C(CC)[C@@H]1C.[B][C@@H]1O[C@](C)(CO)C([CH2-])[C@@H]1C.[Y].[Y]. The van der Waals surface area contributed by atoms with Crippen molar-refractivity contribution in [2.45, 2.75) is 103 Å². The van der Waals surface area contributed by atoms with E-state index in [2.05, 4.69) is 48.5 Å².